The second-order valence-electron chi connectivity index (χ2n) is 8.29. The third kappa shape index (κ3) is 3.94. The van der Waals surface area contributed by atoms with E-state index in [4.69, 9.17) is 16.0 Å². The molecule has 0 spiro atoms. The highest BCUT2D eigenvalue weighted by atomic mass is 35.5. The monoisotopic (exact) mass is 479 g/mol. The van der Waals surface area contributed by atoms with E-state index in [1.807, 2.05) is 6.92 Å². The van der Waals surface area contributed by atoms with Gasteiger partial charge in [0.25, 0.3) is 15.9 Å². The average molecular weight is 480 g/mol. The van der Waals surface area contributed by atoms with Crippen LogP contribution in [-0.2, 0) is 22.9 Å². The number of carbonyl (C=O) groups excluding carboxylic acids is 1. The minimum Gasteiger partial charge on any atom is -0.461 e. The van der Waals surface area contributed by atoms with Crippen molar-refractivity contribution in [3.8, 4) is 0 Å². The number of nitrogens with zero attached hydrogens (tertiary/aromatic N) is 1. The minimum absolute atomic E-state index is 0.0460. The Balaban J connectivity index is 1.69. The van der Waals surface area contributed by atoms with E-state index in [0.29, 0.717) is 10.6 Å². The molecule has 5 rings (SSSR count). The summed E-state index contributed by atoms with van der Waals surface area (Å²) >= 11 is 5.98. The van der Waals surface area contributed by atoms with E-state index in [2.05, 4.69) is 0 Å². The van der Waals surface area contributed by atoms with Gasteiger partial charge in [0.2, 0.25) is 0 Å². The van der Waals surface area contributed by atoms with Crippen molar-refractivity contribution in [1.82, 2.24) is 0 Å². The zero-order valence-electron chi connectivity index (χ0n) is 18.0. The molecule has 4 aromatic rings. The Morgan fingerprint density at radius 1 is 0.939 bits per heavy atom. The van der Waals surface area contributed by atoms with Gasteiger partial charge in [-0.1, -0.05) is 29.3 Å². The molecule has 0 radical (unpaired) electrons. The first-order chi connectivity index (χ1) is 15.8. The maximum Gasteiger partial charge on any atom is 0.272 e. The van der Waals surface area contributed by atoms with Crippen molar-refractivity contribution in [2.45, 2.75) is 37.5 Å². The Morgan fingerprint density at radius 3 is 2.36 bits per heavy atom. The van der Waals surface area contributed by atoms with Crippen LogP contribution in [0.15, 0.2) is 76.0 Å². The summed E-state index contributed by atoms with van der Waals surface area (Å²) in [7, 11) is -4.18. The summed E-state index contributed by atoms with van der Waals surface area (Å²) in [6.45, 7) is 1.88. The smallest absolute Gasteiger partial charge is 0.272 e. The zero-order valence-corrected chi connectivity index (χ0v) is 19.6. The first-order valence-electron chi connectivity index (χ1n) is 10.8. The molecule has 0 atom stereocenters. The van der Waals surface area contributed by atoms with Crippen LogP contribution in [0, 0.1) is 6.92 Å². The predicted molar refractivity (Wildman–Crippen MR) is 129 cm³/mol. The van der Waals surface area contributed by atoms with E-state index in [1.165, 1.54) is 24.3 Å². The van der Waals surface area contributed by atoms with E-state index in [0.717, 1.165) is 52.3 Å². The second-order valence-corrected chi connectivity index (χ2v) is 10.5. The topological polar surface area (TPSA) is 67.6 Å². The van der Waals surface area contributed by atoms with Gasteiger partial charge in [-0.2, -0.15) is 4.31 Å². The number of amides is 1. The molecule has 0 aliphatic heterocycles. The van der Waals surface area contributed by atoms with Gasteiger partial charge in [0.05, 0.1) is 10.6 Å². The molecule has 1 aliphatic carbocycles. The van der Waals surface area contributed by atoms with Crippen molar-refractivity contribution in [2.75, 3.05) is 4.31 Å². The Hall–Kier alpha value is -3.09. The summed E-state index contributed by atoms with van der Waals surface area (Å²) in [6, 6.07) is 17.8. The zero-order chi connectivity index (χ0) is 23.2. The largest absolute Gasteiger partial charge is 0.461 e. The first-order valence-corrected chi connectivity index (χ1v) is 12.6. The predicted octanol–water partition coefficient (Wildman–Crippen LogP) is 6.31. The van der Waals surface area contributed by atoms with Gasteiger partial charge in [0.15, 0.2) is 0 Å². The van der Waals surface area contributed by atoms with Gasteiger partial charge in [0.1, 0.15) is 11.3 Å². The molecule has 1 heterocycles. The fourth-order valence-electron chi connectivity index (χ4n) is 4.27. The van der Waals surface area contributed by atoms with Crippen molar-refractivity contribution in [3.05, 3.63) is 94.2 Å². The van der Waals surface area contributed by atoms with Gasteiger partial charge >= 0.3 is 0 Å². The fraction of sp³-hybridized carbons (Fsp3) is 0.192. The number of fused-ring (bicyclic) bond motifs is 3. The van der Waals surface area contributed by atoms with Crippen molar-refractivity contribution in [3.63, 3.8) is 0 Å². The van der Waals surface area contributed by atoms with Crippen LogP contribution in [0.5, 0.6) is 0 Å². The van der Waals surface area contributed by atoms with Crippen LogP contribution >= 0.6 is 11.6 Å². The number of sulfonamides is 1. The highest BCUT2D eigenvalue weighted by Crippen LogP contribution is 2.36. The number of rotatable bonds is 4. The van der Waals surface area contributed by atoms with Crippen LogP contribution in [-0.4, -0.2) is 14.3 Å². The Kier molecular flexibility index (Phi) is 5.51. The molecular weight excluding hydrogens is 458 g/mol. The fourth-order valence-corrected chi connectivity index (χ4v) is 5.80. The molecule has 0 unspecified atom stereocenters. The summed E-state index contributed by atoms with van der Waals surface area (Å²) in [5.41, 5.74) is 3.24. The lowest BCUT2D eigenvalue weighted by Crippen LogP contribution is -2.37. The summed E-state index contributed by atoms with van der Waals surface area (Å²) in [4.78, 5) is 13.6. The SMILES string of the molecule is Cc1ccc(S(=O)(=O)N(C(=O)c2ccc(Cl)cc2)c2ccc3oc4c(c3c2)CCCC4)cc1. The molecule has 0 fully saturated rings. The maximum absolute atomic E-state index is 13.7. The Labute approximate surface area is 197 Å². The molecule has 33 heavy (non-hydrogen) atoms. The quantitative estimate of drug-likeness (QED) is 0.344. The molecule has 0 saturated heterocycles. The summed E-state index contributed by atoms with van der Waals surface area (Å²) in [5, 5.41) is 1.32. The maximum atomic E-state index is 13.7. The standard InChI is InChI=1S/C26H22ClNO4S/c1-17-6-13-21(14-7-17)33(30,31)28(26(29)18-8-10-19(27)11-9-18)20-12-15-25-23(16-20)22-4-2-3-5-24(22)32-25/h6-16H,2-5H2,1H3. The van der Waals surface area contributed by atoms with Gasteiger partial charge in [0, 0.05) is 28.0 Å². The van der Waals surface area contributed by atoms with Crippen molar-refractivity contribution in [1.29, 1.82) is 0 Å². The van der Waals surface area contributed by atoms with Gasteiger partial charge in [-0.05, 0) is 80.8 Å². The van der Waals surface area contributed by atoms with Crippen molar-refractivity contribution in [2.24, 2.45) is 0 Å². The number of hydrogen-bond donors (Lipinski definition) is 0. The summed E-state index contributed by atoms with van der Waals surface area (Å²) < 4.78 is 34.4. The van der Waals surface area contributed by atoms with Crippen molar-refractivity contribution >= 4 is 44.2 Å². The molecule has 0 bridgehead atoms. The molecule has 168 valence electrons. The third-order valence-electron chi connectivity index (χ3n) is 6.01. The number of furan rings is 1. The lowest BCUT2D eigenvalue weighted by molar-refractivity contribution is 0.101. The Morgan fingerprint density at radius 2 is 1.64 bits per heavy atom. The number of hydrogen-bond acceptors (Lipinski definition) is 4. The Bertz CT molecular complexity index is 1450. The molecule has 7 heteroatoms. The first kappa shape index (κ1) is 21.7. The van der Waals surface area contributed by atoms with Gasteiger partial charge in [-0.15, -0.1) is 0 Å². The lowest BCUT2D eigenvalue weighted by atomic mass is 9.96. The number of anilines is 1. The molecular formula is C26H22ClNO4S. The highest BCUT2D eigenvalue weighted by Gasteiger charge is 2.32. The van der Waals surface area contributed by atoms with Crippen LogP contribution < -0.4 is 4.31 Å². The minimum atomic E-state index is -4.18. The second kappa shape index (κ2) is 8.36. The van der Waals surface area contributed by atoms with E-state index < -0.39 is 15.9 Å². The highest BCUT2D eigenvalue weighted by molar-refractivity contribution is 7.93. The van der Waals surface area contributed by atoms with Crippen LogP contribution in [0.3, 0.4) is 0 Å². The van der Waals surface area contributed by atoms with E-state index in [-0.39, 0.29) is 16.1 Å². The molecule has 0 saturated carbocycles. The molecule has 0 N–H and O–H groups in total. The molecule has 5 nitrogen and oxygen atoms in total. The third-order valence-corrected chi connectivity index (χ3v) is 7.99. The molecule has 1 amide bonds. The van der Waals surface area contributed by atoms with Crippen LogP contribution in [0.1, 0.15) is 40.1 Å². The van der Waals surface area contributed by atoms with E-state index in [9.17, 15) is 13.2 Å². The van der Waals surface area contributed by atoms with Crippen LogP contribution in [0.4, 0.5) is 5.69 Å². The number of halogens is 1. The van der Waals surface area contributed by atoms with Gasteiger partial charge < -0.3 is 4.42 Å². The molecule has 1 aromatic heterocycles. The van der Waals surface area contributed by atoms with E-state index in [1.54, 1.807) is 42.5 Å². The van der Waals surface area contributed by atoms with Gasteiger partial charge in [-0.3, -0.25) is 4.79 Å². The van der Waals surface area contributed by atoms with Gasteiger partial charge in [-0.25, -0.2) is 8.42 Å². The number of aryl methyl sites for hydroxylation is 3. The lowest BCUT2D eigenvalue weighted by Gasteiger charge is -2.23. The van der Waals surface area contributed by atoms with Crippen molar-refractivity contribution < 1.29 is 17.6 Å². The number of carbonyl (C=O) groups is 1. The number of benzene rings is 3. The summed E-state index contributed by atoms with van der Waals surface area (Å²) in [5.74, 6) is 0.300. The summed E-state index contributed by atoms with van der Waals surface area (Å²) in [6.07, 6.45) is 3.87. The van der Waals surface area contributed by atoms with Crippen LogP contribution in [0.2, 0.25) is 5.02 Å². The molecule has 1 aliphatic rings. The average Bonchev–Trinajstić information content (AvgIpc) is 3.18. The normalized spacial score (nSPS) is 13.6. The van der Waals surface area contributed by atoms with E-state index >= 15 is 0 Å². The molecule has 3 aromatic carbocycles. The van der Waals surface area contributed by atoms with Crippen LogP contribution in [0.25, 0.3) is 11.0 Å².